The van der Waals surface area contributed by atoms with E-state index in [0.717, 1.165) is 51.0 Å². The third-order valence-corrected chi connectivity index (χ3v) is 9.60. The molecule has 5 nitrogen and oxygen atoms in total. The van der Waals surface area contributed by atoms with Crippen LogP contribution in [0.5, 0.6) is 0 Å². The second kappa shape index (κ2) is 36.2. The molecule has 0 fully saturated rings. The number of carbonyl (C=O) groups excluding carboxylic acids is 1. The molecule has 0 bridgehead atoms. The number of hydrogen-bond donors (Lipinski definition) is 2. The van der Waals surface area contributed by atoms with Crippen LogP contribution in [0.25, 0.3) is 0 Å². The summed E-state index contributed by atoms with van der Waals surface area (Å²) >= 11 is 0. The van der Waals surface area contributed by atoms with Crippen molar-refractivity contribution >= 4 is 5.97 Å². The first kappa shape index (κ1) is 44.4. The minimum atomic E-state index is -0.370. The van der Waals surface area contributed by atoms with Crippen molar-refractivity contribution in [1.82, 2.24) is 4.90 Å². The van der Waals surface area contributed by atoms with E-state index < -0.39 is 0 Å². The number of unbranched alkanes of at least 4 members (excludes halogenated alkanes) is 20. The second-order valence-electron chi connectivity index (χ2n) is 14.1. The molecule has 0 aromatic rings. The molecule has 0 saturated heterocycles. The lowest BCUT2D eigenvalue weighted by Gasteiger charge is -2.27. The highest BCUT2D eigenvalue weighted by Gasteiger charge is 2.15. The molecule has 0 saturated carbocycles. The zero-order valence-corrected chi connectivity index (χ0v) is 30.9. The van der Waals surface area contributed by atoms with Crippen molar-refractivity contribution in [3.05, 3.63) is 0 Å². The van der Waals surface area contributed by atoms with Gasteiger partial charge in [-0.15, -0.1) is 0 Å². The third-order valence-electron chi connectivity index (χ3n) is 9.60. The summed E-state index contributed by atoms with van der Waals surface area (Å²) in [6.07, 6.45) is 35.2. The molecule has 2 atom stereocenters. The van der Waals surface area contributed by atoms with Crippen molar-refractivity contribution in [3.8, 4) is 0 Å². The van der Waals surface area contributed by atoms with E-state index in [9.17, 15) is 15.0 Å². The molecule has 0 aliphatic heterocycles. The lowest BCUT2D eigenvalue weighted by molar-refractivity contribution is -0.143. The summed E-state index contributed by atoms with van der Waals surface area (Å²) in [7, 11) is 0. The summed E-state index contributed by atoms with van der Waals surface area (Å²) < 4.78 is 5.41. The van der Waals surface area contributed by atoms with Gasteiger partial charge in [-0.2, -0.15) is 0 Å². The number of rotatable bonds is 37. The minimum absolute atomic E-state index is 0.0712. The van der Waals surface area contributed by atoms with Gasteiger partial charge in [-0.3, -0.25) is 9.69 Å². The Labute approximate surface area is 282 Å². The van der Waals surface area contributed by atoms with Gasteiger partial charge in [0.25, 0.3) is 0 Å². The number of ether oxygens (including phenoxy) is 1. The van der Waals surface area contributed by atoms with E-state index in [1.807, 2.05) is 0 Å². The van der Waals surface area contributed by atoms with Crippen LogP contribution in [0.1, 0.15) is 207 Å². The topological polar surface area (TPSA) is 70.0 Å². The smallest absolute Gasteiger partial charge is 0.305 e. The zero-order chi connectivity index (χ0) is 33.1. The SMILES string of the molecule is CCCCCCCCCCC(CCCCCCCC)CCN(CCO)CC(O)CCCCCC(=O)OCCCCCCCCC. The van der Waals surface area contributed by atoms with E-state index in [-0.39, 0.29) is 18.7 Å². The van der Waals surface area contributed by atoms with Crippen molar-refractivity contribution in [2.75, 3.05) is 32.8 Å². The van der Waals surface area contributed by atoms with Crippen LogP contribution < -0.4 is 0 Å². The van der Waals surface area contributed by atoms with Gasteiger partial charge in [-0.25, -0.2) is 0 Å². The average Bonchev–Trinajstić information content (AvgIpc) is 3.03. The van der Waals surface area contributed by atoms with E-state index in [2.05, 4.69) is 25.7 Å². The second-order valence-corrected chi connectivity index (χ2v) is 14.1. The molecule has 45 heavy (non-hydrogen) atoms. The Morgan fingerprint density at radius 3 is 1.51 bits per heavy atom. The highest BCUT2D eigenvalue weighted by atomic mass is 16.5. The quantitative estimate of drug-likeness (QED) is 0.0523. The van der Waals surface area contributed by atoms with Gasteiger partial charge in [0.2, 0.25) is 0 Å². The van der Waals surface area contributed by atoms with E-state index in [4.69, 9.17) is 4.74 Å². The average molecular weight is 640 g/mol. The fourth-order valence-electron chi connectivity index (χ4n) is 6.55. The maximum atomic E-state index is 12.0. The summed E-state index contributed by atoms with van der Waals surface area (Å²) in [6.45, 7) is 9.77. The van der Waals surface area contributed by atoms with Crippen LogP contribution >= 0.6 is 0 Å². The summed E-state index contributed by atoms with van der Waals surface area (Å²) in [5.41, 5.74) is 0. The highest BCUT2D eigenvalue weighted by Crippen LogP contribution is 2.23. The molecule has 5 heteroatoms. The van der Waals surface area contributed by atoms with E-state index in [0.29, 0.717) is 26.1 Å². The van der Waals surface area contributed by atoms with Gasteiger partial charge in [0.05, 0.1) is 19.3 Å². The maximum Gasteiger partial charge on any atom is 0.305 e. The van der Waals surface area contributed by atoms with Gasteiger partial charge in [0.15, 0.2) is 0 Å². The van der Waals surface area contributed by atoms with Crippen molar-refractivity contribution in [2.45, 2.75) is 213 Å². The Morgan fingerprint density at radius 1 is 0.556 bits per heavy atom. The molecular formula is C40H81NO4. The Morgan fingerprint density at radius 2 is 1.00 bits per heavy atom. The van der Waals surface area contributed by atoms with Crippen LogP contribution in [0.15, 0.2) is 0 Å². The predicted octanol–water partition coefficient (Wildman–Crippen LogP) is 11.2. The summed E-state index contributed by atoms with van der Waals surface area (Å²) in [5, 5.41) is 20.5. The normalized spacial score (nSPS) is 13.0. The third kappa shape index (κ3) is 33.1. The first-order valence-electron chi connectivity index (χ1n) is 20.2. The number of nitrogens with zero attached hydrogens (tertiary/aromatic N) is 1. The molecular weight excluding hydrogens is 558 g/mol. The van der Waals surface area contributed by atoms with E-state index in [1.165, 1.54) is 141 Å². The zero-order valence-electron chi connectivity index (χ0n) is 30.9. The molecule has 0 amide bonds. The molecule has 0 heterocycles. The molecule has 2 N–H and O–H groups in total. The fraction of sp³-hybridized carbons (Fsp3) is 0.975. The number of esters is 1. The van der Waals surface area contributed by atoms with Crippen LogP contribution in [-0.2, 0) is 9.53 Å². The largest absolute Gasteiger partial charge is 0.466 e. The standard InChI is InChI=1S/C40H81NO4/c1-4-7-10-13-16-17-20-24-29-38(28-23-19-15-12-9-6-3)32-33-41(34-35-42)37-39(43)30-25-22-26-31-40(44)45-36-27-21-18-14-11-8-5-2/h38-39,42-43H,4-37H2,1-3H3. The van der Waals surface area contributed by atoms with Gasteiger partial charge in [-0.1, -0.05) is 175 Å². The Kier molecular flexibility index (Phi) is 35.7. The molecule has 0 rings (SSSR count). The van der Waals surface area contributed by atoms with E-state index in [1.54, 1.807) is 0 Å². The first-order chi connectivity index (χ1) is 22.1. The molecule has 0 spiro atoms. The van der Waals surface area contributed by atoms with Crippen molar-refractivity contribution < 1.29 is 19.7 Å². The van der Waals surface area contributed by atoms with Gasteiger partial charge in [-0.05, 0) is 38.1 Å². The number of aliphatic hydroxyl groups is 2. The lowest BCUT2D eigenvalue weighted by Crippen LogP contribution is -2.36. The van der Waals surface area contributed by atoms with Crippen LogP contribution in [0, 0.1) is 5.92 Å². The predicted molar refractivity (Wildman–Crippen MR) is 195 cm³/mol. The Hall–Kier alpha value is -0.650. The van der Waals surface area contributed by atoms with Crippen LogP contribution in [0.3, 0.4) is 0 Å². The fourth-order valence-corrected chi connectivity index (χ4v) is 6.55. The van der Waals surface area contributed by atoms with Gasteiger partial charge < -0.3 is 14.9 Å². The summed E-state index contributed by atoms with van der Waals surface area (Å²) in [4.78, 5) is 14.3. The van der Waals surface area contributed by atoms with Crippen molar-refractivity contribution in [3.63, 3.8) is 0 Å². The van der Waals surface area contributed by atoms with Gasteiger partial charge in [0.1, 0.15) is 0 Å². The molecule has 0 aromatic heterocycles. The molecule has 0 aliphatic rings. The molecule has 0 radical (unpaired) electrons. The molecule has 270 valence electrons. The van der Waals surface area contributed by atoms with E-state index >= 15 is 0 Å². The molecule has 0 aromatic carbocycles. The van der Waals surface area contributed by atoms with Crippen LogP contribution in [-0.4, -0.2) is 60.0 Å². The summed E-state index contributed by atoms with van der Waals surface area (Å²) in [6, 6.07) is 0. The summed E-state index contributed by atoms with van der Waals surface area (Å²) in [5.74, 6) is 0.693. The minimum Gasteiger partial charge on any atom is -0.466 e. The number of hydrogen-bond acceptors (Lipinski definition) is 5. The highest BCUT2D eigenvalue weighted by molar-refractivity contribution is 5.69. The maximum absolute atomic E-state index is 12.0. The molecule has 2 unspecified atom stereocenters. The van der Waals surface area contributed by atoms with Gasteiger partial charge in [0, 0.05) is 19.5 Å². The number of aliphatic hydroxyl groups excluding tert-OH is 2. The van der Waals surface area contributed by atoms with Crippen LogP contribution in [0.4, 0.5) is 0 Å². The van der Waals surface area contributed by atoms with Crippen molar-refractivity contribution in [2.24, 2.45) is 5.92 Å². The first-order valence-corrected chi connectivity index (χ1v) is 20.2. The van der Waals surface area contributed by atoms with Crippen molar-refractivity contribution in [1.29, 1.82) is 0 Å². The Bertz CT molecular complexity index is 587. The van der Waals surface area contributed by atoms with Crippen LogP contribution in [0.2, 0.25) is 0 Å². The Balaban J connectivity index is 4.25. The van der Waals surface area contributed by atoms with Gasteiger partial charge >= 0.3 is 5.97 Å². The lowest BCUT2D eigenvalue weighted by atomic mass is 9.91. The monoisotopic (exact) mass is 640 g/mol. The molecule has 0 aliphatic carbocycles. The number of carbonyl (C=O) groups is 1.